The molecule has 6 nitrogen and oxygen atoms in total. The molecule has 1 heterocycles. The number of nitrogens with zero attached hydrogens (tertiary/aromatic N) is 2. The molecule has 0 fully saturated rings. The van der Waals surface area contributed by atoms with Gasteiger partial charge in [0.2, 0.25) is 0 Å². The highest BCUT2D eigenvalue weighted by molar-refractivity contribution is 6.31. The Morgan fingerprint density at radius 2 is 2.00 bits per heavy atom. The standard InChI is InChI=1S/C20H22ClN3O3/c1-12(23-2)24-16-9-8-13(21)10-15(16)19(27-11-18(24)22)14-6-5-7-17(25-3)20(14)26-4/h5-10,19,22H,11H2,1-4H3/t19-/m1/s1. The van der Waals surface area contributed by atoms with Crippen LogP contribution in [0.3, 0.4) is 0 Å². The summed E-state index contributed by atoms with van der Waals surface area (Å²) in [6.07, 6.45) is -0.473. The first-order chi connectivity index (χ1) is 13.0. The molecule has 0 saturated heterocycles. The van der Waals surface area contributed by atoms with Crippen molar-refractivity contribution < 1.29 is 14.2 Å². The molecule has 0 saturated carbocycles. The first-order valence-electron chi connectivity index (χ1n) is 8.44. The van der Waals surface area contributed by atoms with Gasteiger partial charge in [-0.25, -0.2) is 0 Å². The van der Waals surface area contributed by atoms with E-state index in [0.29, 0.717) is 28.2 Å². The normalized spacial score (nSPS) is 17.4. The van der Waals surface area contributed by atoms with E-state index in [0.717, 1.165) is 16.8 Å². The van der Waals surface area contributed by atoms with E-state index in [2.05, 4.69) is 4.99 Å². The third-order valence-corrected chi connectivity index (χ3v) is 4.77. The minimum atomic E-state index is -0.473. The molecule has 2 aromatic carbocycles. The molecule has 0 spiro atoms. The minimum Gasteiger partial charge on any atom is -0.493 e. The number of methoxy groups -OCH3 is 2. The smallest absolute Gasteiger partial charge is 0.166 e. The summed E-state index contributed by atoms with van der Waals surface area (Å²) in [5.74, 6) is 2.21. The second-order valence-corrected chi connectivity index (χ2v) is 6.47. The molecular weight excluding hydrogens is 366 g/mol. The summed E-state index contributed by atoms with van der Waals surface area (Å²) in [6.45, 7) is 1.98. The number of rotatable bonds is 3. The number of hydrogen-bond donors (Lipinski definition) is 1. The van der Waals surface area contributed by atoms with Crippen molar-refractivity contribution in [1.29, 1.82) is 5.41 Å². The van der Waals surface area contributed by atoms with Crippen molar-refractivity contribution in [3.8, 4) is 11.5 Å². The van der Waals surface area contributed by atoms with E-state index in [4.69, 9.17) is 31.2 Å². The van der Waals surface area contributed by atoms with Gasteiger partial charge in [0.25, 0.3) is 0 Å². The largest absolute Gasteiger partial charge is 0.493 e. The summed E-state index contributed by atoms with van der Waals surface area (Å²) < 4.78 is 17.2. The highest BCUT2D eigenvalue weighted by atomic mass is 35.5. The second-order valence-electron chi connectivity index (χ2n) is 6.03. The lowest BCUT2D eigenvalue weighted by atomic mass is 9.98. The van der Waals surface area contributed by atoms with Gasteiger partial charge in [-0.05, 0) is 31.2 Å². The van der Waals surface area contributed by atoms with Gasteiger partial charge < -0.3 is 14.2 Å². The van der Waals surface area contributed by atoms with Gasteiger partial charge in [-0.3, -0.25) is 15.3 Å². The Balaban J connectivity index is 2.24. The van der Waals surface area contributed by atoms with Crippen molar-refractivity contribution in [2.45, 2.75) is 13.0 Å². The van der Waals surface area contributed by atoms with Crippen molar-refractivity contribution in [2.24, 2.45) is 4.99 Å². The molecule has 0 aliphatic carbocycles. The highest BCUT2D eigenvalue weighted by Crippen LogP contribution is 2.43. The van der Waals surface area contributed by atoms with E-state index in [1.807, 2.05) is 37.3 Å². The Hall–Kier alpha value is -2.57. The van der Waals surface area contributed by atoms with Gasteiger partial charge >= 0.3 is 0 Å². The third-order valence-electron chi connectivity index (χ3n) is 4.53. The lowest BCUT2D eigenvalue weighted by Crippen LogP contribution is -2.36. The first-order valence-corrected chi connectivity index (χ1v) is 8.82. The van der Waals surface area contributed by atoms with Crippen molar-refractivity contribution in [2.75, 3.05) is 32.8 Å². The monoisotopic (exact) mass is 387 g/mol. The van der Waals surface area contributed by atoms with Gasteiger partial charge in [-0.15, -0.1) is 0 Å². The predicted octanol–water partition coefficient (Wildman–Crippen LogP) is 4.31. The molecule has 27 heavy (non-hydrogen) atoms. The fourth-order valence-corrected chi connectivity index (χ4v) is 3.43. The fraction of sp³-hybridized carbons (Fsp3) is 0.300. The SMILES string of the molecule is CN=C(C)N1C(=N)CO[C@H](c2cccc(OC)c2OC)c2cc(Cl)ccc21. The number of benzene rings is 2. The van der Waals surface area contributed by atoms with Crippen molar-refractivity contribution in [3.05, 3.63) is 52.5 Å². The average molecular weight is 388 g/mol. The number of halogens is 1. The van der Waals surface area contributed by atoms with Crippen molar-refractivity contribution in [1.82, 2.24) is 0 Å². The number of aliphatic imine (C=N–C) groups is 1. The maximum atomic E-state index is 8.46. The molecule has 1 atom stereocenters. The average Bonchev–Trinajstić information content (AvgIpc) is 2.82. The van der Waals surface area contributed by atoms with E-state index in [1.54, 1.807) is 32.2 Å². The van der Waals surface area contributed by atoms with Gasteiger partial charge in [0.05, 0.1) is 19.9 Å². The Morgan fingerprint density at radius 3 is 2.67 bits per heavy atom. The number of hydrogen-bond acceptors (Lipinski definition) is 5. The first kappa shape index (κ1) is 19.2. The second kappa shape index (κ2) is 7.98. The van der Waals surface area contributed by atoms with E-state index < -0.39 is 6.10 Å². The van der Waals surface area contributed by atoms with Crippen LogP contribution in [0.2, 0.25) is 5.02 Å². The topological polar surface area (TPSA) is 67.1 Å². The van der Waals surface area contributed by atoms with Crippen LogP contribution in [0.25, 0.3) is 0 Å². The van der Waals surface area contributed by atoms with Crippen molar-refractivity contribution >= 4 is 29.0 Å². The number of amidine groups is 2. The molecule has 142 valence electrons. The van der Waals surface area contributed by atoms with E-state index in [-0.39, 0.29) is 6.61 Å². The van der Waals surface area contributed by atoms with Gasteiger partial charge in [0, 0.05) is 23.2 Å². The minimum absolute atomic E-state index is 0.115. The van der Waals surface area contributed by atoms with Gasteiger partial charge in [-0.1, -0.05) is 23.7 Å². The third kappa shape index (κ3) is 3.50. The molecule has 7 heteroatoms. The molecule has 1 aliphatic heterocycles. The molecule has 1 aliphatic rings. The molecule has 0 radical (unpaired) electrons. The lowest BCUT2D eigenvalue weighted by molar-refractivity contribution is 0.112. The molecule has 3 rings (SSSR count). The summed E-state index contributed by atoms with van der Waals surface area (Å²) in [6, 6.07) is 11.2. The number of nitrogens with one attached hydrogen (secondary N) is 1. The fourth-order valence-electron chi connectivity index (χ4n) is 3.25. The van der Waals surface area contributed by atoms with Crippen LogP contribution in [0.4, 0.5) is 5.69 Å². The quantitative estimate of drug-likeness (QED) is 0.629. The van der Waals surface area contributed by atoms with E-state index in [9.17, 15) is 0 Å². The summed E-state index contributed by atoms with van der Waals surface area (Å²) in [5, 5.41) is 9.05. The number of para-hydroxylation sites is 1. The van der Waals surface area contributed by atoms with Crippen LogP contribution in [0.15, 0.2) is 41.4 Å². The Kier molecular flexibility index (Phi) is 5.68. The zero-order chi connectivity index (χ0) is 19.6. The molecule has 2 aromatic rings. The van der Waals surface area contributed by atoms with E-state index >= 15 is 0 Å². The lowest BCUT2D eigenvalue weighted by Gasteiger charge is -2.25. The van der Waals surface area contributed by atoms with Gasteiger partial charge in [-0.2, -0.15) is 0 Å². The molecule has 0 bridgehead atoms. The van der Waals surface area contributed by atoms with Crippen LogP contribution in [0.5, 0.6) is 11.5 Å². The summed E-state index contributed by atoms with van der Waals surface area (Å²) >= 11 is 6.30. The molecule has 1 N–H and O–H groups in total. The summed E-state index contributed by atoms with van der Waals surface area (Å²) in [7, 11) is 4.89. The van der Waals surface area contributed by atoms with E-state index in [1.165, 1.54) is 0 Å². The Bertz CT molecular complexity index is 898. The van der Waals surface area contributed by atoms with Crippen LogP contribution < -0.4 is 14.4 Å². The van der Waals surface area contributed by atoms with Crippen LogP contribution >= 0.6 is 11.6 Å². The van der Waals surface area contributed by atoms with Crippen LogP contribution in [-0.4, -0.2) is 39.5 Å². The number of ether oxygens (including phenoxy) is 3. The van der Waals surface area contributed by atoms with Crippen LogP contribution in [-0.2, 0) is 4.74 Å². The maximum absolute atomic E-state index is 8.46. The summed E-state index contributed by atoms with van der Waals surface area (Å²) in [4.78, 5) is 6.03. The van der Waals surface area contributed by atoms with Crippen LogP contribution in [0.1, 0.15) is 24.2 Å². The molecule has 0 amide bonds. The zero-order valence-corrected chi connectivity index (χ0v) is 16.5. The molecule has 0 aromatic heterocycles. The molecule has 0 unspecified atom stereocenters. The number of fused-ring (bicyclic) bond motifs is 1. The van der Waals surface area contributed by atoms with Crippen LogP contribution in [0, 0.1) is 5.41 Å². The summed E-state index contributed by atoms with van der Waals surface area (Å²) in [5.41, 5.74) is 2.44. The highest BCUT2D eigenvalue weighted by Gasteiger charge is 2.31. The Labute approximate surface area is 163 Å². The predicted molar refractivity (Wildman–Crippen MR) is 108 cm³/mol. The molecular formula is C20H22ClN3O3. The number of anilines is 1. The Morgan fingerprint density at radius 1 is 1.22 bits per heavy atom. The van der Waals surface area contributed by atoms with Crippen molar-refractivity contribution in [3.63, 3.8) is 0 Å². The van der Waals surface area contributed by atoms with Gasteiger partial charge in [0.15, 0.2) is 11.5 Å². The maximum Gasteiger partial charge on any atom is 0.166 e. The van der Waals surface area contributed by atoms with Gasteiger partial charge in [0.1, 0.15) is 24.4 Å². The zero-order valence-electron chi connectivity index (χ0n) is 15.7.